The van der Waals surface area contributed by atoms with Gasteiger partial charge >= 0.3 is 0 Å². The lowest BCUT2D eigenvalue weighted by Gasteiger charge is -2.34. The highest BCUT2D eigenvalue weighted by Crippen LogP contribution is 2.25. The first-order chi connectivity index (χ1) is 9.93. The lowest BCUT2D eigenvalue weighted by atomic mass is 9.88. The van der Waals surface area contributed by atoms with Gasteiger partial charge in [0.15, 0.2) is 11.5 Å². The molecular weight excluding hydrogens is 374 g/mol. The average Bonchev–Trinajstić information content (AvgIpc) is 2.47. The molecule has 0 aliphatic heterocycles. The Bertz CT molecular complexity index is 545. The van der Waals surface area contributed by atoms with Crippen molar-refractivity contribution in [3.8, 4) is 11.5 Å². The molecule has 0 spiro atoms. The van der Waals surface area contributed by atoms with Gasteiger partial charge in [0, 0.05) is 6.54 Å². The first kappa shape index (κ1) is 25.6. The molecule has 0 aromatic heterocycles. The second-order valence-electron chi connectivity index (χ2n) is 5.06. The lowest BCUT2D eigenvalue weighted by molar-refractivity contribution is -0.0643. The maximum absolute atomic E-state index is 9.91. The van der Waals surface area contributed by atoms with Crippen molar-refractivity contribution in [2.45, 2.75) is 30.9 Å². The maximum Gasteiger partial charge on any atom is 0.157 e. The Kier molecular flexibility index (Phi) is 11.9. The van der Waals surface area contributed by atoms with Crippen molar-refractivity contribution in [2.75, 3.05) is 6.61 Å². The third-order valence-electron chi connectivity index (χ3n) is 3.58. The van der Waals surface area contributed by atoms with Crippen LogP contribution in [0.5, 0.6) is 11.5 Å². The van der Waals surface area contributed by atoms with Crippen LogP contribution in [0.3, 0.4) is 0 Å². The van der Waals surface area contributed by atoms with Crippen LogP contribution in [-0.4, -0.2) is 61.6 Å². The number of rotatable bonds is 4. The zero-order valence-corrected chi connectivity index (χ0v) is 15.7. The van der Waals surface area contributed by atoms with Crippen LogP contribution in [0, 0.1) is 0 Å². The third kappa shape index (κ3) is 5.74. The van der Waals surface area contributed by atoms with Crippen molar-refractivity contribution in [1.82, 2.24) is 5.32 Å². The molecular formula is C14H25NO6S3. The van der Waals surface area contributed by atoms with Gasteiger partial charge in [-0.05, 0) is 23.3 Å². The summed E-state index contributed by atoms with van der Waals surface area (Å²) < 4.78 is 0. The number of phenolic OH excluding ortho intramolecular Hbond substituents is 2. The Labute approximate surface area is 161 Å². The maximum atomic E-state index is 9.91. The van der Waals surface area contributed by atoms with Crippen LogP contribution < -0.4 is 5.32 Å². The zero-order valence-electron chi connectivity index (χ0n) is 12.7. The summed E-state index contributed by atoms with van der Waals surface area (Å²) in [5.41, 5.74) is 0.899. The summed E-state index contributed by atoms with van der Waals surface area (Å²) in [5, 5.41) is 60.0. The summed E-state index contributed by atoms with van der Waals surface area (Å²) >= 11 is 0. The van der Waals surface area contributed by atoms with Gasteiger partial charge in [-0.3, -0.25) is 0 Å². The predicted octanol–water partition coefficient (Wildman–Crippen LogP) is -1.09. The van der Waals surface area contributed by atoms with E-state index in [0.717, 1.165) is 0 Å². The molecule has 7 N–H and O–H groups in total. The van der Waals surface area contributed by atoms with E-state index in [2.05, 4.69) is 5.32 Å². The van der Waals surface area contributed by atoms with Crippen molar-refractivity contribution < 1.29 is 30.6 Å². The molecule has 0 bridgehead atoms. The number of aromatic hydroxyl groups is 2. The van der Waals surface area contributed by atoms with E-state index < -0.39 is 31.0 Å². The molecule has 1 aliphatic carbocycles. The Morgan fingerprint density at radius 3 is 2.08 bits per heavy atom. The van der Waals surface area contributed by atoms with Gasteiger partial charge in [0.05, 0.1) is 12.6 Å². The van der Waals surface area contributed by atoms with Crippen molar-refractivity contribution in [2.24, 2.45) is 0 Å². The molecule has 0 amide bonds. The molecule has 0 saturated heterocycles. The summed E-state index contributed by atoms with van der Waals surface area (Å²) in [6.45, 7) is -0.156. The smallest absolute Gasteiger partial charge is 0.157 e. The summed E-state index contributed by atoms with van der Waals surface area (Å²) in [6.07, 6.45) is -2.42. The number of aliphatic hydroxyl groups is 4. The van der Waals surface area contributed by atoms with Crippen molar-refractivity contribution in [1.29, 1.82) is 0 Å². The van der Waals surface area contributed by atoms with E-state index in [4.69, 9.17) is 5.11 Å². The van der Waals surface area contributed by atoms with Gasteiger partial charge in [-0.2, -0.15) is 40.5 Å². The first-order valence-electron chi connectivity index (χ1n) is 6.54. The standard InChI is InChI=1S/C14H19NO6.3H2S/c16-6-8-4-9(13(20)14(21)12(8)19)15-5-7-1-2-10(17)11(18)3-7;;;/h1-4,9,12-21H,5-6H2;3*1H2/t9-,12+,13-,14?;;;/m0.../s1. The number of phenols is 2. The largest absolute Gasteiger partial charge is 0.504 e. The zero-order chi connectivity index (χ0) is 15.6. The molecule has 140 valence electrons. The number of aliphatic hydroxyl groups excluding tert-OH is 4. The molecule has 7 nitrogen and oxygen atoms in total. The second-order valence-corrected chi connectivity index (χ2v) is 5.06. The summed E-state index contributed by atoms with van der Waals surface area (Å²) in [7, 11) is 0. The van der Waals surface area contributed by atoms with Crippen molar-refractivity contribution >= 4 is 40.5 Å². The van der Waals surface area contributed by atoms with E-state index in [-0.39, 0.29) is 64.1 Å². The molecule has 0 radical (unpaired) electrons. The predicted molar refractivity (Wildman–Crippen MR) is 105 cm³/mol. The molecule has 1 unspecified atom stereocenters. The molecule has 0 heterocycles. The molecule has 1 aliphatic rings. The molecule has 0 fully saturated rings. The fraction of sp³-hybridized carbons (Fsp3) is 0.429. The van der Waals surface area contributed by atoms with Crippen LogP contribution in [0.15, 0.2) is 29.8 Å². The molecule has 0 saturated carbocycles. The number of nitrogens with one attached hydrogen (secondary N) is 1. The van der Waals surface area contributed by atoms with Gasteiger partial charge in [-0.1, -0.05) is 12.1 Å². The number of hydrogen-bond acceptors (Lipinski definition) is 7. The Morgan fingerprint density at radius 2 is 1.54 bits per heavy atom. The van der Waals surface area contributed by atoms with Crippen LogP contribution in [-0.2, 0) is 6.54 Å². The Balaban J connectivity index is 0. The topological polar surface area (TPSA) is 133 Å². The van der Waals surface area contributed by atoms with Gasteiger partial charge < -0.3 is 36.0 Å². The minimum atomic E-state index is -1.39. The van der Waals surface area contributed by atoms with Crippen molar-refractivity contribution in [3.05, 3.63) is 35.4 Å². The van der Waals surface area contributed by atoms with Gasteiger partial charge in [0.25, 0.3) is 0 Å². The second kappa shape index (κ2) is 11.1. The minimum Gasteiger partial charge on any atom is -0.504 e. The van der Waals surface area contributed by atoms with Gasteiger partial charge in [-0.15, -0.1) is 0 Å². The molecule has 4 atom stereocenters. The summed E-state index contributed by atoms with van der Waals surface area (Å²) in [5.74, 6) is -0.474. The van der Waals surface area contributed by atoms with E-state index in [0.29, 0.717) is 5.56 Å². The highest BCUT2D eigenvalue weighted by Gasteiger charge is 2.36. The molecule has 24 heavy (non-hydrogen) atoms. The van der Waals surface area contributed by atoms with E-state index in [1.54, 1.807) is 6.07 Å². The van der Waals surface area contributed by atoms with E-state index in [1.165, 1.54) is 18.2 Å². The fourth-order valence-corrected chi connectivity index (χ4v) is 2.29. The van der Waals surface area contributed by atoms with Crippen LogP contribution in [0.2, 0.25) is 0 Å². The molecule has 10 heteroatoms. The highest BCUT2D eigenvalue weighted by atomic mass is 32.1. The quantitative estimate of drug-likeness (QED) is 0.253. The monoisotopic (exact) mass is 399 g/mol. The number of hydrogen-bond donors (Lipinski definition) is 7. The van der Waals surface area contributed by atoms with Gasteiger partial charge in [0.2, 0.25) is 0 Å². The lowest BCUT2D eigenvalue weighted by Crippen LogP contribution is -2.53. The highest BCUT2D eigenvalue weighted by molar-refractivity contribution is 7.59. The Hall–Kier alpha value is -0.590. The average molecular weight is 400 g/mol. The van der Waals surface area contributed by atoms with Crippen LogP contribution in [0.4, 0.5) is 0 Å². The normalized spacial score (nSPS) is 25.6. The van der Waals surface area contributed by atoms with Crippen molar-refractivity contribution in [3.63, 3.8) is 0 Å². The van der Waals surface area contributed by atoms with Crippen LogP contribution >= 0.6 is 40.5 Å². The SMILES string of the molecule is OCC1=C[C@H](NCc2ccc(O)c(O)c2)[C@H](O)C(O)[C@@H]1O.S.S.S. The summed E-state index contributed by atoms with van der Waals surface area (Å²) in [4.78, 5) is 0. The molecule has 1 aromatic rings. The van der Waals surface area contributed by atoms with E-state index in [1.807, 2.05) is 0 Å². The van der Waals surface area contributed by atoms with E-state index in [9.17, 15) is 25.5 Å². The number of benzene rings is 1. The molecule has 1 aromatic carbocycles. The minimum absolute atomic E-state index is 0. The van der Waals surface area contributed by atoms with Crippen LogP contribution in [0.25, 0.3) is 0 Å². The Morgan fingerprint density at radius 1 is 0.917 bits per heavy atom. The van der Waals surface area contributed by atoms with Crippen LogP contribution in [0.1, 0.15) is 5.56 Å². The van der Waals surface area contributed by atoms with Gasteiger partial charge in [0.1, 0.15) is 18.3 Å². The van der Waals surface area contributed by atoms with Gasteiger partial charge in [-0.25, -0.2) is 0 Å². The van der Waals surface area contributed by atoms with E-state index >= 15 is 0 Å². The third-order valence-corrected chi connectivity index (χ3v) is 3.58. The fourth-order valence-electron chi connectivity index (χ4n) is 2.29. The first-order valence-corrected chi connectivity index (χ1v) is 6.54. The summed E-state index contributed by atoms with van der Waals surface area (Å²) in [6, 6.07) is 3.66. The molecule has 2 rings (SSSR count).